The number of amides is 2. The summed E-state index contributed by atoms with van der Waals surface area (Å²) in [4.78, 5) is 41.5. The molecule has 3 aromatic carbocycles. The molecule has 11 nitrogen and oxygen atoms in total. The monoisotopic (exact) mass is 747 g/mol. The summed E-state index contributed by atoms with van der Waals surface area (Å²) in [5.41, 5.74) is 3.34. The Morgan fingerprint density at radius 1 is 0.925 bits per heavy atom. The van der Waals surface area contributed by atoms with Gasteiger partial charge in [-0.2, -0.15) is 28.4 Å². The predicted molar refractivity (Wildman–Crippen MR) is 192 cm³/mol. The van der Waals surface area contributed by atoms with Crippen molar-refractivity contribution in [2.45, 2.75) is 57.1 Å². The second-order valence-corrected chi connectivity index (χ2v) is 13.7. The number of nitrogens with zero attached hydrogens (tertiary/aromatic N) is 7. The van der Waals surface area contributed by atoms with Crippen molar-refractivity contribution < 1.29 is 32.2 Å². The number of likely N-dealkylation sites (tertiary alicyclic amines) is 1. The summed E-state index contributed by atoms with van der Waals surface area (Å²) in [5, 5.41) is 12.3. The Morgan fingerprint density at radius 3 is 2.49 bits per heavy atom. The van der Waals surface area contributed by atoms with Crippen molar-refractivity contribution in [1.82, 2.24) is 19.8 Å². The van der Waals surface area contributed by atoms with E-state index in [1.807, 2.05) is 71.6 Å². The number of rotatable bonds is 8. The van der Waals surface area contributed by atoms with Crippen LogP contribution in [0.15, 0.2) is 66.7 Å². The lowest BCUT2D eigenvalue weighted by Crippen LogP contribution is -2.55. The van der Waals surface area contributed by atoms with Crippen LogP contribution in [0.4, 0.5) is 29.5 Å². The van der Waals surface area contributed by atoms with Crippen LogP contribution in [0.1, 0.15) is 36.1 Å². The lowest BCUT2D eigenvalue weighted by atomic mass is 10.0. The van der Waals surface area contributed by atoms with Gasteiger partial charge in [-0.1, -0.05) is 66.2 Å². The third-order valence-electron chi connectivity index (χ3n) is 10.0. The number of aromatic nitrogens is 2. The minimum absolute atomic E-state index is 0.0104. The fraction of sp³-hybridized carbons (Fsp3) is 0.395. The molecular formula is C38H37ClF3N7O4. The Labute approximate surface area is 309 Å². The third kappa shape index (κ3) is 7.76. The molecule has 4 aromatic rings. The average Bonchev–Trinajstić information content (AvgIpc) is 3.64. The van der Waals surface area contributed by atoms with Gasteiger partial charge in [0.2, 0.25) is 0 Å². The molecule has 0 spiro atoms. The van der Waals surface area contributed by atoms with Crippen molar-refractivity contribution in [2.24, 2.45) is 0 Å². The molecule has 0 unspecified atom stereocenters. The molecule has 0 saturated carbocycles. The van der Waals surface area contributed by atoms with Crippen LogP contribution in [0, 0.1) is 11.3 Å². The molecule has 53 heavy (non-hydrogen) atoms. The highest BCUT2D eigenvalue weighted by Crippen LogP contribution is 2.37. The number of alkyl halides is 3. The van der Waals surface area contributed by atoms with Crippen LogP contribution in [-0.4, -0.2) is 89.4 Å². The number of hydrogen-bond acceptors (Lipinski definition) is 9. The number of benzene rings is 3. The lowest BCUT2D eigenvalue weighted by molar-refractivity contribution is -0.186. The summed E-state index contributed by atoms with van der Waals surface area (Å²) in [6.07, 6.45) is -4.09. The minimum atomic E-state index is -4.98. The highest BCUT2D eigenvalue weighted by Gasteiger charge is 2.46. The first-order valence-corrected chi connectivity index (χ1v) is 17.9. The molecule has 15 heteroatoms. The van der Waals surface area contributed by atoms with E-state index in [0.29, 0.717) is 55.4 Å². The van der Waals surface area contributed by atoms with Gasteiger partial charge in [0.25, 0.3) is 0 Å². The van der Waals surface area contributed by atoms with E-state index in [4.69, 9.17) is 31.0 Å². The van der Waals surface area contributed by atoms with Gasteiger partial charge in [-0.3, -0.25) is 4.79 Å². The zero-order chi connectivity index (χ0) is 37.1. The third-order valence-corrected chi connectivity index (χ3v) is 10.3. The van der Waals surface area contributed by atoms with Crippen molar-refractivity contribution in [2.75, 3.05) is 49.1 Å². The summed E-state index contributed by atoms with van der Waals surface area (Å²) in [7, 11) is 0. The summed E-state index contributed by atoms with van der Waals surface area (Å²) in [5.74, 6) is -1.31. The first kappa shape index (κ1) is 36.1. The number of carbonyl (C=O) groups excluding carboxylic acids is 2. The number of anilines is 2. The van der Waals surface area contributed by atoms with Crippen molar-refractivity contribution >= 4 is 45.9 Å². The number of halogens is 4. The maximum absolute atomic E-state index is 13.3. The fourth-order valence-electron chi connectivity index (χ4n) is 7.44. The van der Waals surface area contributed by atoms with Crippen molar-refractivity contribution in [3.63, 3.8) is 0 Å². The standard InChI is InChI=1S/C38H37ClF3N7O4/c39-30-12-4-9-26-10-5-13-32(33(26)30)46-18-15-29-31(22-46)44-36(52-24-28-11-6-17-48(28)35(50)38(40,41)42)45-34(29)47-19-20-49(27(21-47)14-16-43)37(51)53-23-25-7-2-1-3-8-25/h1-5,7-10,12-13,27-28H,6,11,14-15,17-24H2/t27-,28-/m0/s1. The topological polar surface area (TPSA) is 115 Å². The fourth-order valence-corrected chi connectivity index (χ4v) is 7.72. The molecule has 2 atom stereocenters. The summed E-state index contributed by atoms with van der Waals surface area (Å²) < 4.78 is 51.7. The van der Waals surface area contributed by atoms with Crippen LogP contribution in [-0.2, 0) is 29.1 Å². The van der Waals surface area contributed by atoms with E-state index in [1.54, 1.807) is 4.90 Å². The molecule has 0 N–H and O–H groups in total. The minimum Gasteiger partial charge on any atom is -0.461 e. The Morgan fingerprint density at radius 2 is 1.72 bits per heavy atom. The van der Waals surface area contributed by atoms with E-state index in [-0.39, 0.29) is 45.3 Å². The zero-order valence-electron chi connectivity index (χ0n) is 28.8. The normalized spacial score (nSPS) is 18.8. The molecule has 2 saturated heterocycles. The van der Waals surface area contributed by atoms with Crippen molar-refractivity contribution in [1.29, 1.82) is 5.26 Å². The SMILES string of the molecule is N#CC[C@H]1CN(c2nc(OC[C@@H]3CCCN3C(=O)C(F)(F)F)nc3c2CCN(c2cccc4cccc(Cl)c24)C3)CCN1C(=O)OCc1ccccc1. The second kappa shape index (κ2) is 15.4. The Bertz CT molecular complexity index is 2020. The van der Waals surface area contributed by atoms with Crippen LogP contribution in [0.5, 0.6) is 6.01 Å². The largest absolute Gasteiger partial charge is 0.471 e. The van der Waals surface area contributed by atoms with Gasteiger partial charge in [-0.25, -0.2) is 4.79 Å². The zero-order valence-corrected chi connectivity index (χ0v) is 29.5. The molecule has 0 bridgehead atoms. The van der Waals surface area contributed by atoms with Gasteiger partial charge in [-0.15, -0.1) is 0 Å². The molecule has 3 aliphatic rings. The molecule has 0 aliphatic carbocycles. The van der Waals surface area contributed by atoms with Crippen LogP contribution in [0.25, 0.3) is 10.8 Å². The molecule has 2 amide bonds. The molecule has 276 valence electrons. The number of nitriles is 1. The van der Waals surface area contributed by atoms with Gasteiger partial charge in [-0.05, 0) is 42.3 Å². The molecule has 3 aliphatic heterocycles. The molecule has 7 rings (SSSR count). The van der Waals surface area contributed by atoms with E-state index in [1.165, 1.54) is 0 Å². The number of hydrogen-bond donors (Lipinski definition) is 0. The Balaban J connectivity index is 1.17. The van der Waals surface area contributed by atoms with E-state index in [9.17, 15) is 28.0 Å². The van der Waals surface area contributed by atoms with E-state index in [2.05, 4.69) is 11.0 Å². The maximum Gasteiger partial charge on any atom is 0.471 e. The smallest absolute Gasteiger partial charge is 0.461 e. The predicted octanol–water partition coefficient (Wildman–Crippen LogP) is 6.52. The first-order chi connectivity index (χ1) is 25.6. The van der Waals surface area contributed by atoms with Gasteiger partial charge in [0.1, 0.15) is 19.0 Å². The molecule has 0 radical (unpaired) electrons. The maximum atomic E-state index is 13.3. The molecule has 4 heterocycles. The van der Waals surface area contributed by atoms with Gasteiger partial charge < -0.3 is 29.1 Å². The number of piperazine rings is 1. The molecular weight excluding hydrogens is 711 g/mol. The highest BCUT2D eigenvalue weighted by atomic mass is 35.5. The Kier molecular flexibility index (Phi) is 10.5. The van der Waals surface area contributed by atoms with Crippen molar-refractivity contribution in [3.05, 3.63) is 88.6 Å². The summed E-state index contributed by atoms with van der Waals surface area (Å²) in [6.45, 7) is 1.82. The molecule has 2 fully saturated rings. The van der Waals surface area contributed by atoms with E-state index < -0.39 is 30.3 Å². The van der Waals surface area contributed by atoms with Crippen LogP contribution >= 0.6 is 11.6 Å². The second-order valence-electron chi connectivity index (χ2n) is 13.3. The van der Waals surface area contributed by atoms with Crippen molar-refractivity contribution in [3.8, 4) is 12.1 Å². The van der Waals surface area contributed by atoms with Crippen LogP contribution < -0.4 is 14.5 Å². The lowest BCUT2D eigenvalue weighted by Gasteiger charge is -2.42. The van der Waals surface area contributed by atoms with Gasteiger partial charge in [0.05, 0.1) is 41.8 Å². The summed E-state index contributed by atoms with van der Waals surface area (Å²) >= 11 is 6.69. The number of ether oxygens (including phenoxy) is 2. The average molecular weight is 748 g/mol. The van der Waals surface area contributed by atoms with E-state index >= 15 is 0 Å². The van der Waals surface area contributed by atoms with Gasteiger partial charge >= 0.3 is 24.2 Å². The van der Waals surface area contributed by atoms with Crippen LogP contribution in [0.3, 0.4) is 0 Å². The quantitative estimate of drug-likeness (QED) is 0.199. The number of fused-ring (bicyclic) bond motifs is 2. The number of carbonyl (C=O) groups is 2. The molecule has 1 aromatic heterocycles. The van der Waals surface area contributed by atoms with Gasteiger partial charge in [0.15, 0.2) is 0 Å². The van der Waals surface area contributed by atoms with E-state index in [0.717, 1.165) is 32.5 Å². The van der Waals surface area contributed by atoms with Crippen LogP contribution in [0.2, 0.25) is 5.02 Å². The summed E-state index contributed by atoms with van der Waals surface area (Å²) in [6, 6.07) is 22.0. The highest BCUT2D eigenvalue weighted by molar-refractivity contribution is 6.36. The Hall–Kier alpha value is -5.29. The first-order valence-electron chi connectivity index (χ1n) is 17.5. The van der Waals surface area contributed by atoms with Gasteiger partial charge in [0, 0.05) is 49.4 Å².